The minimum Gasteiger partial charge on any atom is -0.494 e. The number of carbonyl (C=O) groups excluding carboxylic acids is 2. The Bertz CT molecular complexity index is 1610. The van der Waals surface area contributed by atoms with Crippen LogP contribution in [-0.2, 0) is 0 Å². The number of Topliss-reactive ketones (excluding diaryl/α,β-unsaturated/α-hetero) is 1. The number of fused-ring (bicyclic) bond motifs is 1. The summed E-state index contributed by atoms with van der Waals surface area (Å²) in [5, 5.41) is 7.14. The molecule has 1 saturated carbocycles. The molecule has 2 heterocycles. The number of benzene rings is 2. The van der Waals surface area contributed by atoms with Crippen LogP contribution in [0.3, 0.4) is 0 Å². The second-order valence-corrected chi connectivity index (χ2v) is 9.89. The van der Waals surface area contributed by atoms with Crippen LogP contribution in [0, 0.1) is 18.7 Å². The summed E-state index contributed by atoms with van der Waals surface area (Å²) < 4.78 is 59.1. The molecule has 11 heteroatoms. The average molecular weight is 555 g/mol. The number of hydrogen-bond donors (Lipinski definition) is 1. The van der Waals surface area contributed by atoms with Crippen LogP contribution < -0.4 is 10.1 Å². The highest BCUT2D eigenvalue weighted by Gasteiger charge is 2.27. The number of aryl methyl sites for hydroxylation is 1. The van der Waals surface area contributed by atoms with Crippen LogP contribution >= 0.6 is 0 Å². The number of nitrogens with zero attached hydrogens (tertiary/aromatic N) is 3. The van der Waals surface area contributed by atoms with Gasteiger partial charge in [-0.05, 0) is 61.6 Å². The molecule has 208 valence electrons. The molecule has 0 unspecified atom stereocenters. The van der Waals surface area contributed by atoms with Gasteiger partial charge in [0, 0.05) is 29.7 Å². The number of rotatable bonds is 10. The second-order valence-electron chi connectivity index (χ2n) is 9.89. The largest absolute Gasteiger partial charge is 0.494 e. The van der Waals surface area contributed by atoms with E-state index in [4.69, 9.17) is 4.74 Å². The highest BCUT2D eigenvalue weighted by molar-refractivity contribution is 6.08. The molecule has 0 atom stereocenters. The van der Waals surface area contributed by atoms with E-state index < -0.39 is 30.7 Å². The SMILES string of the molecule is COc1ccc(C(=O)c2cc(NCCC(F)(F)F)c3ncc(-c4ccc(C(=O)CC5CC5)c(C)c4)n3n2)cc1F. The van der Waals surface area contributed by atoms with Gasteiger partial charge < -0.3 is 10.1 Å². The van der Waals surface area contributed by atoms with Crippen molar-refractivity contribution in [2.24, 2.45) is 5.92 Å². The van der Waals surface area contributed by atoms with Crippen LogP contribution in [0.4, 0.5) is 23.2 Å². The van der Waals surface area contributed by atoms with Crippen molar-refractivity contribution in [3.8, 4) is 17.0 Å². The van der Waals surface area contributed by atoms with Crippen LogP contribution in [0.15, 0.2) is 48.7 Å². The lowest BCUT2D eigenvalue weighted by Crippen LogP contribution is -2.16. The number of methoxy groups -OCH3 is 1. The third-order valence-corrected chi connectivity index (χ3v) is 6.83. The number of imidazole rings is 1. The van der Waals surface area contributed by atoms with Crippen LogP contribution in [0.2, 0.25) is 0 Å². The first-order valence-electron chi connectivity index (χ1n) is 12.8. The van der Waals surface area contributed by atoms with Gasteiger partial charge in [0.1, 0.15) is 5.69 Å². The summed E-state index contributed by atoms with van der Waals surface area (Å²) in [6.45, 7) is 1.38. The third kappa shape index (κ3) is 5.83. The zero-order chi connectivity index (χ0) is 28.6. The monoisotopic (exact) mass is 554 g/mol. The first-order chi connectivity index (χ1) is 19.0. The molecular formula is C29H26F4N4O3. The van der Waals surface area contributed by atoms with E-state index in [1.54, 1.807) is 12.1 Å². The summed E-state index contributed by atoms with van der Waals surface area (Å²) in [5.74, 6) is -0.889. The van der Waals surface area contributed by atoms with E-state index in [0.29, 0.717) is 29.2 Å². The molecule has 0 spiro atoms. The Morgan fingerprint density at radius 2 is 1.90 bits per heavy atom. The Hall–Kier alpha value is -4.28. The molecule has 0 aliphatic heterocycles. The number of halogens is 4. The predicted octanol–water partition coefficient (Wildman–Crippen LogP) is 6.43. The molecule has 0 saturated heterocycles. The van der Waals surface area contributed by atoms with Gasteiger partial charge in [-0.1, -0.05) is 12.1 Å². The lowest BCUT2D eigenvalue weighted by atomic mass is 9.98. The average Bonchev–Trinajstić information content (AvgIpc) is 3.61. The highest BCUT2D eigenvalue weighted by atomic mass is 19.4. The van der Waals surface area contributed by atoms with Crippen LogP contribution in [0.5, 0.6) is 5.75 Å². The van der Waals surface area contributed by atoms with Gasteiger partial charge >= 0.3 is 6.18 Å². The number of aromatic nitrogens is 3. The number of carbonyl (C=O) groups is 2. The lowest BCUT2D eigenvalue weighted by Gasteiger charge is -2.13. The molecule has 0 bridgehead atoms. The van der Waals surface area contributed by atoms with E-state index in [1.807, 2.05) is 13.0 Å². The van der Waals surface area contributed by atoms with E-state index in [1.165, 1.54) is 36.0 Å². The van der Waals surface area contributed by atoms with Crippen molar-refractivity contribution in [3.05, 3.63) is 76.9 Å². The standard InChI is InChI=1S/C29H26F4N4O3/c1-16-11-18(5-7-20(16)25(38)12-17-3-4-17)24-15-35-28-23(34-10-9-29(31,32)33)14-22(36-37(24)28)27(39)19-6-8-26(40-2)21(30)13-19/h5-8,11,13-15,17,34H,3-4,9-10,12H2,1-2H3. The van der Waals surface area contributed by atoms with Crippen molar-refractivity contribution in [1.82, 2.24) is 14.6 Å². The maximum atomic E-state index is 14.3. The fourth-order valence-corrected chi connectivity index (χ4v) is 4.53. The molecule has 1 aliphatic carbocycles. The fraction of sp³-hybridized carbons (Fsp3) is 0.310. The maximum absolute atomic E-state index is 14.3. The van der Waals surface area contributed by atoms with E-state index in [2.05, 4.69) is 15.4 Å². The predicted molar refractivity (Wildman–Crippen MR) is 140 cm³/mol. The number of ketones is 2. The minimum atomic E-state index is -4.38. The summed E-state index contributed by atoms with van der Waals surface area (Å²) in [5.41, 5.74) is 2.75. The summed E-state index contributed by atoms with van der Waals surface area (Å²) in [7, 11) is 1.30. The van der Waals surface area contributed by atoms with Crippen LogP contribution in [-0.4, -0.2) is 46.0 Å². The quantitative estimate of drug-likeness (QED) is 0.180. The van der Waals surface area contributed by atoms with Gasteiger partial charge in [0.2, 0.25) is 5.78 Å². The number of anilines is 1. The third-order valence-electron chi connectivity index (χ3n) is 6.83. The smallest absolute Gasteiger partial charge is 0.390 e. The minimum absolute atomic E-state index is 0.0116. The van der Waals surface area contributed by atoms with Crippen LogP contribution in [0.25, 0.3) is 16.9 Å². The maximum Gasteiger partial charge on any atom is 0.390 e. The van der Waals surface area contributed by atoms with Gasteiger partial charge in [-0.15, -0.1) is 0 Å². The summed E-state index contributed by atoms with van der Waals surface area (Å²) in [4.78, 5) is 30.3. The summed E-state index contributed by atoms with van der Waals surface area (Å²) in [6, 6.07) is 10.3. The Balaban J connectivity index is 1.55. The number of hydrogen-bond acceptors (Lipinski definition) is 6. The molecule has 5 rings (SSSR count). The second kappa shape index (κ2) is 10.7. The van der Waals surface area contributed by atoms with Crippen molar-refractivity contribution in [2.45, 2.75) is 38.8 Å². The number of alkyl halides is 3. The lowest BCUT2D eigenvalue weighted by molar-refractivity contribution is -0.131. The zero-order valence-electron chi connectivity index (χ0n) is 21.8. The molecule has 1 fully saturated rings. The van der Waals surface area contributed by atoms with E-state index in [-0.39, 0.29) is 34.1 Å². The van der Waals surface area contributed by atoms with Gasteiger partial charge in [-0.25, -0.2) is 13.9 Å². The molecule has 1 aliphatic rings. The topological polar surface area (TPSA) is 85.6 Å². The molecule has 1 N–H and O–H groups in total. The molecular weight excluding hydrogens is 528 g/mol. The van der Waals surface area contributed by atoms with Crippen molar-refractivity contribution >= 4 is 22.9 Å². The van der Waals surface area contributed by atoms with Gasteiger partial charge in [-0.2, -0.15) is 18.3 Å². The molecule has 40 heavy (non-hydrogen) atoms. The Labute approximate surface area is 227 Å². The highest BCUT2D eigenvalue weighted by Crippen LogP contribution is 2.34. The number of nitrogens with one attached hydrogen (secondary N) is 1. The molecule has 0 amide bonds. The Morgan fingerprint density at radius 3 is 2.55 bits per heavy atom. The Kier molecular flexibility index (Phi) is 7.31. The van der Waals surface area contributed by atoms with Gasteiger partial charge in [0.25, 0.3) is 0 Å². The van der Waals surface area contributed by atoms with Crippen molar-refractivity contribution < 1.29 is 31.9 Å². The normalized spacial score (nSPS) is 13.4. The van der Waals surface area contributed by atoms with Crippen molar-refractivity contribution in [1.29, 1.82) is 0 Å². The molecule has 7 nitrogen and oxygen atoms in total. The number of ether oxygens (including phenoxy) is 1. The van der Waals surface area contributed by atoms with Gasteiger partial charge in [-0.3, -0.25) is 9.59 Å². The van der Waals surface area contributed by atoms with Crippen molar-refractivity contribution in [2.75, 3.05) is 19.0 Å². The van der Waals surface area contributed by atoms with Gasteiger partial charge in [0.15, 0.2) is 23.0 Å². The molecule has 2 aromatic heterocycles. The van der Waals surface area contributed by atoms with E-state index in [0.717, 1.165) is 24.5 Å². The van der Waals surface area contributed by atoms with Crippen LogP contribution in [0.1, 0.15) is 57.7 Å². The molecule has 4 aromatic rings. The first-order valence-corrected chi connectivity index (χ1v) is 12.8. The Morgan fingerprint density at radius 1 is 1.12 bits per heavy atom. The van der Waals surface area contributed by atoms with E-state index in [9.17, 15) is 27.2 Å². The van der Waals surface area contributed by atoms with E-state index >= 15 is 0 Å². The van der Waals surface area contributed by atoms with Gasteiger partial charge in [0.05, 0.1) is 31.1 Å². The zero-order valence-corrected chi connectivity index (χ0v) is 21.8. The summed E-state index contributed by atoms with van der Waals surface area (Å²) in [6.07, 6.45) is -1.33. The fourth-order valence-electron chi connectivity index (χ4n) is 4.53. The molecule has 0 radical (unpaired) electrons. The first kappa shape index (κ1) is 27.3. The summed E-state index contributed by atoms with van der Waals surface area (Å²) >= 11 is 0. The molecule has 2 aromatic carbocycles. The van der Waals surface area contributed by atoms with Crippen molar-refractivity contribution in [3.63, 3.8) is 0 Å².